The van der Waals surface area contributed by atoms with Gasteiger partial charge in [0.1, 0.15) is 5.75 Å². The van der Waals surface area contributed by atoms with Crippen LogP contribution in [0.15, 0.2) is 70.4 Å². The molecule has 1 heterocycles. The van der Waals surface area contributed by atoms with Crippen LogP contribution in [0, 0.1) is 0 Å². The Bertz CT molecular complexity index is 1110. The van der Waals surface area contributed by atoms with Gasteiger partial charge in [0.15, 0.2) is 0 Å². The van der Waals surface area contributed by atoms with Gasteiger partial charge >= 0.3 is 17.8 Å². The molecule has 0 spiro atoms. The fourth-order valence-electron chi connectivity index (χ4n) is 2.19. The van der Waals surface area contributed by atoms with E-state index in [4.69, 9.17) is 32.4 Å². The van der Waals surface area contributed by atoms with Crippen molar-refractivity contribution in [1.82, 2.24) is 5.43 Å². The van der Waals surface area contributed by atoms with Crippen LogP contribution in [0.4, 0.5) is 5.69 Å². The second-order valence-electron chi connectivity index (χ2n) is 5.72. The van der Waals surface area contributed by atoms with E-state index in [-0.39, 0.29) is 16.5 Å². The first-order valence-corrected chi connectivity index (χ1v) is 9.13. The van der Waals surface area contributed by atoms with E-state index >= 15 is 0 Å². The lowest BCUT2D eigenvalue weighted by Gasteiger charge is -2.05. The highest BCUT2D eigenvalue weighted by atomic mass is 35.5. The number of esters is 1. The van der Waals surface area contributed by atoms with Crippen molar-refractivity contribution in [2.45, 2.75) is 0 Å². The Morgan fingerprint density at radius 2 is 1.80 bits per heavy atom. The molecule has 0 bridgehead atoms. The predicted molar refractivity (Wildman–Crippen MR) is 111 cm³/mol. The van der Waals surface area contributed by atoms with Gasteiger partial charge in [-0.3, -0.25) is 9.59 Å². The average molecular weight is 446 g/mol. The van der Waals surface area contributed by atoms with Crippen molar-refractivity contribution in [3.05, 3.63) is 82.2 Å². The molecule has 8 nitrogen and oxygen atoms in total. The Morgan fingerprint density at radius 1 is 0.967 bits per heavy atom. The Labute approximate surface area is 180 Å². The van der Waals surface area contributed by atoms with Crippen molar-refractivity contribution in [1.29, 1.82) is 0 Å². The fraction of sp³-hybridized carbons (Fsp3) is 0. The number of anilines is 1. The average Bonchev–Trinajstić information content (AvgIpc) is 3.26. The molecule has 0 unspecified atom stereocenters. The highest BCUT2D eigenvalue weighted by Gasteiger charge is 2.14. The predicted octanol–water partition coefficient (Wildman–Crippen LogP) is 3.89. The van der Waals surface area contributed by atoms with E-state index in [0.717, 1.165) is 0 Å². The summed E-state index contributed by atoms with van der Waals surface area (Å²) in [4.78, 5) is 35.6. The Hall–Kier alpha value is -3.62. The van der Waals surface area contributed by atoms with Gasteiger partial charge in [-0.15, -0.1) is 0 Å². The van der Waals surface area contributed by atoms with Gasteiger partial charge in [0, 0.05) is 5.69 Å². The number of nitrogens with one attached hydrogen (secondary N) is 2. The highest BCUT2D eigenvalue weighted by Crippen LogP contribution is 2.24. The van der Waals surface area contributed by atoms with Crippen LogP contribution in [0.5, 0.6) is 5.75 Å². The molecule has 0 aliphatic rings. The molecule has 2 N–H and O–H groups in total. The third-order valence-corrected chi connectivity index (χ3v) is 4.29. The first-order valence-electron chi connectivity index (χ1n) is 8.37. The lowest BCUT2D eigenvalue weighted by molar-refractivity contribution is -0.136. The van der Waals surface area contributed by atoms with Crippen molar-refractivity contribution >= 4 is 52.9 Å². The number of ether oxygens (including phenoxy) is 1. The topological polar surface area (TPSA) is 110 Å². The number of halogens is 2. The van der Waals surface area contributed by atoms with Crippen molar-refractivity contribution in [3.8, 4) is 5.75 Å². The molecule has 1 aromatic heterocycles. The van der Waals surface area contributed by atoms with Crippen LogP contribution in [0.1, 0.15) is 16.1 Å². The van der Waals surface area contributed by atoms with Crippen molar-refractivity contribution in [3.63, 3.8) is 0 Å². The van der Waals surface area contributed by atoms with Crippen LogP contribution in [0.2, 0.25) is 10.0 Å². The minimum absolute atomic E-state index is 0.0642. The van der Waals surface area contributed by atoms with Gasteiger partial charge in [0.25, 0.3) is 0 Å². The molecular formula is C20H13Cl2N3O5. The molecule has 2 aromatic carbocycles. The molecule has 0 aliphatic heterocycles. The van der Waals surface area contributed by atoms with Gasteiger partial charge in [-0.25, -0.2) is 10.2 Å². The highest BCUT2D eigenvalue weighted by molar-refractivity contribution is 6.42. The summed E-state index contributed by atoms with van der Waals surface area (Å²) in [6.07, 6.45) is 2.65. The van der Waals surface area contributed by atoms with Gasteiger partial charge in [0.05, 0.1) is 22.5 Å². The van der Waals surface area contributed by atoms with E-state index in [9.17, 15) is 14.4 Å². The molecule has 0 atom stereocenters. The second kappa shape index (κ2) is 9.73. The van der Waals surface area contributed by atoms with Gasteiger partial charge in [0.2, 0.25) is 5.76 Å². The summed E-state index contributed by atoms with van der Waals surface area (Å²) in [7, 11) is 0. The number of carbonyl (C=O) groups is 3. The Balaban J connectivity index is 1.55. The van der Waals surface area contributed by atoms with E-state index < -0.39 is 17.8 Å². The molecule has 0 saturated heterocycles. The van der Waals surface area contributed by atoms with Crippen LogP contribution in [-0.4, -0.2) is 24.0 Å². The van der Waals surface area contributed by atoms with E-state index in [1.165, 1.54) is 42.8 Å². The number of hydrogen-bond donors (Lipinski definition) is 2. The number of benzene rings is 2. The number of hydrogen-bond acceptors (Lipinski definition) is 6. The summed E-state index contributed by atoms with van der Waals surface area (Å²) < 4.78 is 10.1. The molecule has 152 valence electrons. The van der Waals surface area contributed by atoms with Crippen LogP contribution in [-0.2, 0) is 9.59 Å². The molecule has 2 amide bonds. The normalized spacial score (nSPS) is 10.6. The van der Waals surface area contributed by atoms with E-state index in [2.05, 4.69) is 15.8 Å². The van der Waals surface area contributed by atoms with Crippen LogP contribution in [0.25, 0.3) is 0 Å². The molecule has 0 radical (unpaired) electrons. The van der Waals surface area contributed by atoms with Crippen molar-refractivity contribution in [2.75, 3.05) is 5.32 Å². The molecule has 0 saturated carbocycles. The van der Waals surface area contributed by atoms with E-state index in [1.54, 1.807) is 24.3 Å². The lowest BCUT2D eigenvalue weighted by Crippen LogP contribution is -2.32. The third kappa shape index (κ3) is 5.69. The standard InChI is InChI=1S/C20H13Cl2N3O5/c21-15-7-6-13(10-16(15)22)24-18(26)19(27)25-23-11-12-3-1-4-14(9-12)30-20(28)17-5-2-8-29-17/h1-11H,(H,24,26)(H,25,27)/b23-11+. The van der Waals surface area contributed by atoms with Gasteiger partial charge in [-0.1, -0.05) is 35.3 Å². The summed E-state index contributed by atoms with van der Waals surface area (Å²) in [5.74, 6) is -2.26. The summed E-state index contributed by atoms with van der Waals surface area (Å²) in [6, 6.07) is 13.8. The molecule has 0 aliphatic carbocycles. The minimum atomic E-state index is -0.988. The van der Waals surface area contributed by atoms with Crippen LogP contribution < -0.4 is 15.5 Å². The zero-order valence-electron chi connectivity index (χ0n) is 15.1. The summed E-state index contributed by atoms with van der Waals surface area (Å²) in [5.41, 5.74) is 2.92. The zero-order chi connectivity index (χ0) is 21.5. The fourth-order valence-corrected chi connectivity index (χ4v) is 2.49. The van der Waals surface area contributed by atoms with Gasteiger partial charge < -0.3 is 14.5 Å². The van der Waals surface area contributed by atoms with Crippen LogP contribution in [0.3, 0.4) is 0 Å². The smallest absolute Gasteiger partial charge is 0.379 e. The zero-order valence-corrected chi connectivity index (χ0v) is 16.6. The molecule has 3 aromatic rings. The van der Waals surface area contributed by atoms with Gasteiger partial charge in [-0.05, 0) is 48.0 Å². The first-order chi connectivity index (χ1) is 14.4. The first kappa shape index (κ1) is 21.1. The monoisotopic (exact) mass is 445 g/mol. The largest absolute Gasteiger partial charge is 0.457 e. The Morgan fingerprint density at radius 3 is 2.53 bits per heavy atom. The molecule has 0 fully saturated rings. The maximum absolute atomic E-state index is 11.9. The maximum atomic E-state index is 11.9. The SMILES string of the molecule is O=C(N/N=C/c1cccc(OC(=O)c2ccco2)c1)C(=O)Nc1ccc(Cl)c(Cl)c1. The lowest BCUT2D eigenvalue weighted by atomic mass is 10.2. The van der Waals surface area contributed by atoms with E-state index in [1.807, 2.05) is 0 Å². The second-order valence-corrected chi connectivity index (χ2v) is 6.54. The number of hydrazone groups is 1. The summed E-state index contributed by atoms with van der Waals surface area (Å²) >= 11 is 11.7. The van der Waals surface area contributed by atoms with Crippen LogP contribution >= 0.6 is 23.2 Å². The summed E-state index contributed by atoms with van der Waals surface area (Å²) in [6.45, 7) is 0. The third-order valence-electron chi connectivity index (χ3n) is 3.55. The number of furan rings is 1. The van der Waals surface area contributed by atoms with E-state index in [0.29, 0.717) is 16.3 Å². The molecular weight excluding hydrogens is 433 g/mol. The number of amides is 2. The number of carbonyl (C=O) groups excluding carboxylic acids is 3. The number of rotatable bonds is 5. The Kier molecular flexibility index (Phi) is 6.84. The minimum Gasteiger partial charge on any atom is -0.457 e. The molecule has 3 rings (SSSR count). The molecule has 30 heavy (non-hydrogen) atoms. The maximum Gasteiger partial charge on any atom is 0.379 e. The van der Waals surface area contributed by atoms with Crippen molar-refractivity contribution in [2.24, 2.45) is 5.10 Å². The number of nitrogens with zero attached hydrogens (tertiary/aromatic N) is 1. The summed E-state index contributed by atoms with van der Waals surface area (Å²) in [5, 5.41) is 6.64. The molecule has 10 heteroatoms. The van der Waals surface area contributed by atoms with Crippen molar-refractivity contribution < 1.29 is 23.5 Å². The quantitative estimate of drug-likeness (QED) is 0.203. The van der Waals surface area contributed by atoms with Gasteiger partial charge in [-0.2, -0.15) is 5.10 Å².